The predicted molar refractivity (Wildman–Crippen MR) is 81.0 cm³/mol. The van der Waals surface area contributed by atoms with Crippen molar-refractivity contribution in [2.45, 2.75) is 31.3 Å². The molecule has 2 saturated heterocycles. The minimum atomic E-state index is -0.505. The van der Waals surface area contributed by atoms with Crippen LogP contribution in [0.4, 0.5) is 10.1 Å². The second kappa shape index (κ2) is 6.04. The number of benzene rings is 1. The first-order valence-corrected chi connectivity index (χ1v) is 7.65. The van der Waals surface area contributed by atoms with Crippen LogP contribution in [0.1, 0.15) is 19.3 Å². The van der Waals surface area contributed by atoms with Crippen LogP contribution in [0, 0.1) is 5.82 Å². The number of halogens is 1. The van der Waals surface area contributed by atoms with Crippen LogP contribution in [0.5, 0.6) is 0 Å². The Morgan fingerprint density at radius 1 is 1.36 bits per heavy atom. The summed E-state index contributed by atoms with van der Waals surface area (Å²) in [5, 5.41) is 3.15. The minimum Gasteiger partial charge on any atom is -0.332 e. The number of para-hydroxylation sites is 1. The van der Waals surface area contributed by atoms with Crippen LogP contribution in [-0.4, -0.2) is 48.9 Å². The molecule has 1 N–H and O–H groups in total. The van der Waals surface area contributed by atoms with E-state index in [4.69, 9.17) is 0 Å². The standard InChI is InChI=1S/C16H20FN3O2/c1-19(15(21)12-6-4-9-18-12)14-8-10-20(16(14)22)13-7-3-2-5-11(13)17/h2-3,5,7,12,14,18H,4,6,8-10H2,1H3. The van der Waals surface area contributed by atoms with Crippen molar-refractivity contribution in [2.24, 2.45) is 0 Å². The molecule has 2 atom stereocenters. The first-order chi connectivity index (χ1) is 10.6. The van der Waals surface area contributed by atoms with E-state index < -0.39 is 11.9 Å². The van der Waals surface area contributed by atoms with Gasteiger partial charge in [-0.25, -0.2) is 4.39 Å². The van der Waals surface area contributed by atoms with Crippen molar-refractivity contribution < 1.29 is 14.0 Å². The molecule has 2 aliphatic rings. The van der Waals surface area contributed by atoms with E-state index in [0.29, 0.717) is 13.0 Å². The highest BCUT2D eigenvalue weighted by Gasteiger charge is 2.39. The fraction of sp³-hybridized carbons (Fsp3) is 0.500. The number of amides is 2. The van der Waals surface area contributed by atoms with E-state index >= 15 is 0 Å². The van der Waals surface area contributed by atoms with Gasteiger partial charge in [0.2, 0.25) is 11.8 Å². The van der Waals surface area contributed by atoms with E-state index in [9.17, 15) is 14.0 Å². The number of nitrogens with zero attached hydrogens (tertiary/aromatic N) is 2. The van der Waals surface area contributed by atoms with Gasteiger partial charge < -0.3 is 15.1 Å². The zero-order valence-corrected chi connectivity index (χ0v) is 12.6. The Morgan fingerprint density at radius 3 is 2.82 bits per heavy atom. The summed E-state index contributed by atoms with van der Waals surface area (Å²) in [6, 6.07) is 5.53. The summed E-state index contributed by atoms with van der Waals surface area (Å²) >= 11 is 0. The van der Waals surface area contributed by atoms with Crippen molar-refractivity contribution in [3.8, 4) is 0 Å². The molecule has 2 amide bonds. The molecule has 2 unspecified atom stereocenters. The maximum absolute atomic E-state index is 13.9. The molecular weight excluding hydrogens is 285 g/mol. The maximum Gasteiger partial charge on any atom is 0.249 e. The van der Waals surface area contributed by atoms with E-state index in [0.717, 1.165) is 19.4 Å². The summed E-state index contributed by atoms with van der Waals surface area (Å²) in [5.74, 6) is -0.673. The molecule has 2 fully saturated rings. The number of rotatable bonds is 3. The van der Waals surface area contributed by atoms with Crippen LogP contribution in [0.25, 0.3) is 0 Å². The summed E-state index contributed by atoms with van der Waals surface area (Å²) in [6.45, 7) is 1.27. The molecule has 118 valence electrons. The number of carbonyl (C=O) groups excluding carboxylic acids is 2. The van der Waals surface area contributed by atoms with Crippen molar-refractivity contribution in [1.82, 2.24) is 10.2 Å². The minimum absolute atomic E-state index is 0.0498. The number of hydrogen-bond acceptors (Lipinski definition) is 3. The fourth-order valence-electron chi connectivity index (χ4n) is 3.23. The van der Waals surface area contributed by atoms with Gasteiger partial charge in [0, 0.05) is 13.6 Å². The fourth-order valence-corrected chi connectivity index (χ4v) is 3.23. The van der Waals surface area contributed by atoms with Gasteiger partial charge in [-0.2, -0.15) is 0 Å². The summed E-state index contributed by atoms with van der Waals surface area (Å²) < 4.78 is 13.9. The quantitative estimate of drug-likeness (QED) is 0.911. The van der Waals surface area contributed by atoms with Gasteiger partial charge in [-0.15, -0.1) is 0 Å². The molecule has 0 aromatic heterocycles. The first-order valence-electron chi connectivity index (χ1n) is 7.65. The Labute approximate surface area is 129 Å². The topological polar surface area (TPSA) is 52.7 Å². The number of carbonyl (C=O) groups is 2. The van der Waals surface area contributed by atoms with Crippen LogP contribution in [0.2, 0.25) is 0 Å². The Hall–Kier alpha value is -1.95. The van der Waals surface area contributed by atoms with Gasteiger partial charge >= 0.3 is 0 Å². The van der Waals surface area contributed by atoms with E-state index in [1.165, 1.54) is 15.9 Å². The largest absolute Gasteiger partial charge is 0.332 e. The highest BCUT2D eigenvalue weighted by molar-refractivity contribution is 6.01. The van der Waals surface area contributed by atoms with Gasteiger partial charge in [-0.1, -0.05) is 12.1 Å². The zero-order valence-electron chi connectivity index (χ0n) is 12.6. The smallest absolute Gasteiger partial charge is 0.249 e. The predicted octanol–water partition coefficient (Wildman–Crippen LogP) is 1.14. The van der Waals surface area contributed by atoms with Crippen LogP contribution >= 0.6 is 0 Å². The summed E-state index contributed by atoms with van der Waals surface area (Å²) in [6.07, 6.45) is 2.31. The lowest BCUT2D eigenvalue weighted by Crippen LogP contribution is -2.49. The number of hydrogen-bond donors (Lipinski definition) is 1. The summed E-state index contributed by atoms with van der Waals surface area (Å²) in [5.41, 5.74) is 0.287. The molecule has 0 bridgehead atoms. The third-order valence-electron chi connectivity index (χ3n) is 4.49. The zero-order chi connectivity index (χ0) is 15.7. The molecule has 1 aromatic carbocycles. The second-order valence-corrected chi connectivity index (χ2v) is 5.84. The molecule has 3 rings (SSSR count). The molecule has 0 spiro atoms. The molecule has 22 heavy (non-hydrogen) atoms. The molecule has 0 aliphatic carbocycles. The molecule has 2 aliphatic heterocycles. The molecular formula is C16H20FN3O2. The average Bonchev–Trinajstić information content (AvgIpc) is 3.16. The average molecular weight is 305 g/mol. The molecule has 0 radical (unpaired) electrons. The number of nitrogens with one attached hydrogen (secondary N) is 1. The van der Waals surface area contributed by atoms with Gasteiger partial charge in [-0.05, 0) is 37.9 Å². The normalized spacial score (nSPS) is 24.8. The summed E-state index contributed by atoms with van der Waals surface area (Å²) in [7, 11) is 1.66. The van der Waals surface area contributed by atoms with Crippen molar-refractivity contribution in [3.63, 3.8) is 0 Å². The molecule has 0 saturated carbocycles. The van der Waals surface area contributed by atoms with Gasteiger partial charge in [0.05, 0.1) is 11.7 Å². The van der Waals surface area contributed by atoms with Gasteiger partial charge in [0.25, 0.3) is 0 Å². The Balaban J connectivity index is 1.73. The lowest BCUT2D eigenvalue weighted by Gasteiger charge is -2.26. The molecule has 2 heterocycles. The third-order valence-corrected chi connectivity index (χ3v) is 4.49. The van der Waals surface area contributed by atoms with Crippen molar-refractivity contribution in [3.05, 3.63) is 30.1 Å². The summed E-state index contributed by atoms with van der Waals surface area (Å²) in [4.78, 5) is 27.9. The van der Waals surface area contributed by atoms with E-state index in [2.05, 4.69) is 5.32 Å². The van der Waals surface area contributed by atoms with Crippen molar-refractivity contribution >= 4 is 17.5 Å². The van der Waals surface area contributed by atoms with Crippen LogP contribution < -0.4 is 10.2 Å². The Bertz CT molecular complexity index is 587. The lowest BCUT2D eigenvalue weighted by atomic mass is 10.1. The number of anilines is 1. The van der Waals surface area contributed by atoms with Crippen molar-refractivity contribution in [1.29, 1.82) is 0 Å². The van der Waals surface area contributed by atoms with Crippen LogP contribution in [-0.2, 0) is 9.59 Å². The first kappa shape index (κ1) is 15.0. The highest BCUT2D eigenvalue weighted by Crippen LogP contribution is 2.26. The highest BCUT2D eigenvalue weighted by atomic mass is 19.1. The second-order valence-electron chi connectivity index (χ2n) is 5.84. The Morgan fingerprint density at radius 2 is 2.14 bits per heavy atom. The lowest BCUT2D eigenvalue weighted by molar-refractivity contribution is -0.138. The van der Waals surface area contributed by atoms with Gasteiger partial charge in [0.1, 0.15) is 11.9 Å². The van der Waals surface area contributed by atoms with E-state index in [-0.39, 0.29) is 23.5 Å². The van der Waals surface area contributed by atoms with Crippen molar-refractivity contribution in [2.75, 3.05) is 25.0 Å². The maximum atomic E-state index is 13.9. The molecule has 1 aromatic rings. The molecule has 6 heteroatoms. The molecule has 5 nitrogen and oxygen atoms in total. The van der Waals surface area contributed by atoms with E-state index in [1.54, 1.807) is 25.2 Å². The Kier molecular flexibility index (Phi) is 4.11. The SMILES string of the molecule is CN(C(=O)C1CCCN1)C1CCN(c2ccccc2F)C1=O. The van der Waals surface area contributed by atoms with E-state index in [1.807, 2.05) is 0 Å². The van der Waals surface area contributed by atoms with Gasteiger partial charge in [-0.3, -0.25) is 9.59 Å². The monoisotopic (exact) mass is 305 g/mol. The van der Waals surface area contributed by atoms with Crippen LogP contribution in [0.15, 0.2) is 24.3 Å². The number of likely N-dealkylation sites (N-methyl/N-ethyl adjacent to an activating group) is 1. The van der Waals surface area contributed by atoms with Gasteiger partial charge in [0.15, 0.2) is 0 Å². The van der Waals surface area contributed by atoms with Crippen LogP contribution in [0.3, 0.4) is 0 Å². The third kappa shape index (κ3) is 2.59.